The van der Waals surface area contributed by atoms with E-state index in [9.17, 15) is 5.11 Å². The van der Waals surface area contributed by atoms with Crippen LogP contribution in [0.3, 0.4) is 0 Å². The maximum atomic E-state index is 9.54. The molecular formula is C14H22N2O2S. The number of nitrogens with one attached hydrogen (secondary N) is 1. The normalized spacial score (nSPS) is 18.2. The number of rotatable bonds is 4. The number of aliphatic hydroxyl groups is 1. The molecule has 2 rings (SSSR count). The van der Waals surface area contributed by atoms with Gasteiger partial charge in [0.2, 0.25) is 0 Å². The first kappa shape index (κ1) is 14.8. The Labute approximate surface area is 119 Å². The third-order valence-electron chi connectivity index (χ3n) is 2.98. The van der Waals surface area contributed by atoms with Gasteiger partial charge in [-0.2, -0.15) is 0 Å². The minimum Gasteiger partial charge on any atom is -0.392 e. The minimum atomic E-state index is -0.274. The lowest BCUT2D eigenvalue weighted by atomic mass is 9.90. The molecule has 0 amide bonds. The van der Waals surface area contributed by atoms with Gasteiger partial charge in [0.05, 0.1) is 25.5 Å². The molecule has 0 radical (unpaired) electrons. The van der Waals surface area contributed by atoms with Gasteiger partial charge in [-0.15, -0.1) is 0 Å². The Bertz CT molecular complexity index is 453. The average molecular weight is 282 g/mol. The highest BCUT2D eigenvalue weighted by atomic mass is 32.2. The van der Waals surface area contributed by atoms with Crippen molar-refractivity contribution in [3.8, 4) is 0 Å². The van der Waals surface area contributed by atoms with Crippen LogP contribution in [-0.4, -0.2) is 28.1 Å². The van der Waals surface area contributed by atoms with Crippen molar-refractivity contribution >= 4 is 11.9 Å². The van der Waals surface area contributed by atoms with Gasteiger partial charge < -0.3 is 9.84 Å². The highest BCUT2D eigenvalue weighted by Gasteiger charge is 2.44. The Morgan fingerprint density at radius 1 is 1.47 bits per heavy atom. The highest BCUT2D eigenvalue weighted by Crippen LogP contribution is 2.35. The van der Waals surface area contributed by atoms with Crippen molar-refractivity contribution in [1.82, 2.24) is 9.71 Å². The highest BCUT2D eigenvalue weighted by molar-refractivity contribution is 7.98. The number of aliphatic hydroxyl groups excluding tert-OH is 1. The van der Waals surface area contributed by atoms with Crippen LogP contribution in [-0.2, 0) is 16.9 Å². The molecule has 0 aromatic carbocycles. The third-order valence-corrected chi connectivity index (χ3v) is 4.08. The summed E-state index contributed by atoms with van der Waals surface area (Å²) in [5.74, 6) is 0. The molecule has 0 saturated carbocycles. The van der Waals surface area contributed by atoms with Crippen LogP contribution in [0.25, 0.3) is 0 Å². The molecule has 0 unspecified atom stereocenters. The lowest BCUT2D eigenvalue weighted by Gasteiger charge is -2.43. The van der Waals surface area contributed by atoms with Gasteiger partial charge in [0.25, 0.3) is 0 Å². The van der Waals surface area contributed by atoms with Gasteiger partial charge in [0, 0.05) is 16.5 Å². The quantitative estimate of drug-likeness (QED) is 0.829. The lowest BCUT2D eigenvalue weighted by molar-refractivity contribution is -0.0681. The lowest BCUT2D eigenvalue weighted by Crippen LogP contribution is -2.57. The zero-order valence-corrected chi connectivity index (χ0v) is 12.8. The van der Waals surface area contributed by atoms with Gasteiger partial charge in [-0.3, -0.25) is 4.98 Å². The fraction of sp³-hybridized carbons (Fsp3) is 0.643. The van der Waals surface area contributed by atoms with E-state index in [-0.39, 0.29) is 16.9 Å². The number of pyridine rings is 1. The molecule has 0 atom stereocenters. The van der Waals surface area contributed by atoms with E-state index < -0.39 is 0 Å². The van der Waals surface area contributed by atoms with Gasteiger partial charge in [-0.1, -0.05) is 18.0 Å². The molecule has 0 bridgehead atoms. The zero-order valence-electron chi connectivity index (χ0n) is 12.0. The molecule has 106 valence electrons. The predicted molar refractivity (Wildman–Crippen MR) is 77.9 cm³/mol. The standard InChI is InChI=1S/C14H22N2O2S/c1-10-5-11(7-17)12(15-6-10)14(8-18-9-14)16-19-13(2,3)4/h5-6,16-17H,7-9H2,1-4H3. The maximum absolute atomic E-state index is 9.54. The van der Waals surface area contributed by atoms with Gasteiger partial charge in [-0.05, 0) is 33.3 Å². The van der Waals surface area contributed by atoms with Crippen LogP contribution in [0.15, 0.2) is 12.3 Å². The molecule has 4 nitrogen and oxygen atoms in total. The van der Waals surface area contributed by atoms with Crippen molar-refractivity contribution < 1.29 is 9.84 Å². The molecule has 2 heterocycles. The molecule has 1 aliphatic rings. The SMILES string of the molecule is Cc1cnc(C2(NSC(C)(C)C)COC2)c(CO)c1. The fourth-order valence-corrected chi connectivity index (χ4v) is 2.70. The summed E-state index contributed by atoms with van der Waals surface area (Å²) in [4.78, 5) is 4.53. The predicted octanol–water partition coefficient (Wildman–Crippen LogP) is 2.14. The van der Waals surface area contributed by atoms with Crippen LogP contribution in [0.2, 0.25) is 0 Å². The summed E-state index contributed by atoms with van der Waals surface area (Å²) in [6, 6.07) is 1.99. The monoisotopic (exact) mass is 282 g/mol. The number of aromatic nitrogens is 1. The molecular weight excluding hydrogens is 260 g/mol. The van der Waals surface area contributed by atoms with Crippen molar-refractivity contribution in [3.05, 3.63) is 29.1 Å². The molecule has 0 aliphatic carbocycles. The number of hydrogen-bond donors (Lipinski definition) is 2. The van der Waals surface area contributed by atoms with E-state index in [1.165, 1.54) is 0 Å². The summed E-state index contributed by atoms with van der Waals surface area (Å²) in [5.41, 5.74) is 2.57. The minimum absolute atomic E-state index is 0.00757. The molecule has 1 aliphatic heterocycles. The van der Waals surface area contributed by atoms with Crippen molar-refractivity contribution in [2.24, 2.45) is 0 Å². The first-order valence-electron chi connectivity index (χ1n) is 6.46. The van der Waals surface area contributed by atoms with E-state index in [1.807, 2.05) is 19.2 Å². The summed E-state index contributed by atoms with van der Waals surface area (Å²) >= 11 is 1.68. The van der Waals surface area contributed by atoms with Crippen LogP contribution < -0.4 is 4.72 Å². The second-order valence-electron chi connectivity index (χ2n) is 6.07. The van der Waals surface area contributed by atoms with Crippen molar-refractivity contribution in [2.75, 3.05) is 13.2 Å². The summed E-state index contributed by atoms with van der Waals surface area (Å²) < 4.78 is 9.01. The summed E-state index contributed by atoms with van der Waals surface area (Å²) in [6.45, 7) is 9.66. The molecule has 0 spiro atoms. The fourth-order valence-electron chi connectivity index (χ4n) is 1.98. The third kappa shape index (κ3) is 3.28. The first-order chi connectivity index (χ1) is 8.86. The van der Waals surface area contributed by atoms with E-state index >= 15 is 0 Å². The van der Waals surface area contributed by atoms with Gasteiger partial charge in [0.1, 0.15) is 5.54 Å². The Balaban J connectivity index is 2.26. The van der Waals surface area contributed by atoms with Crippen LogP contribution in [0.1, 0.15) is 37.6 Å². The second-order valence-corrected chi connectivity index (χ2v) is 7.70. The number of aryl methyl sites for hydroxylation is 1. The van der Waals surface area contributed by atoms with Crippen molar-refractivity contribution in [3.63, 3.8) is 0 Å². The van der Waals surface area contributed by atoms with Crippen LogP contribution >= 0.6 is 11.9 Å². The number of hydrogen-bond acceptors (Lipinski definition) is 5. The molecule has 19 heavy (non-hydrogen) atoms. The Kier molecular flexibility index (Phi) is 4.20. The molecule has 1 saturated heterocycles. The van der Waals surface area contributed by atoms with Crippen LogP contribution in [0.4, 0.5) is 0 Å². The largest absolute Gasteiger partial charge is 0.392 e. The van der Waals surface area contributed by atoms with Crippen molar-refractivity contribution in [2.45, 2.75) is 44.6 Å². The molecule has 2 N–H and O–H groups in total. The second kappa shape index (κ2) is 5.40. The average Bonchev–Trinajstić information content (AvgIpc) is 2.27. The molecule has 1 aromatic rings. The van der Waals surface area contributed by atoms with Crippen LogP contribution in [0, 0.1) is 6.92 Å². The first-order valence-corrected chi connectivity index (χ1v) is 7.28. The van der Waals surface area contributed by atoms with Crippen LogP contribution in [0.5, 0.6) is 0 Å². The Hall–Kier alpha value is -0.620. The van der Waals surface area contributed by atoms with E-state index in [1.54, 1.807) is 11.9 Å². The van der Waals surface area contributed by atoms with Gasteiger partial charge >= 0.3 is 0 Å². The van der Waals surface area contributed by atoms with Gasteiger partial charge in [0.15, 0.2) is 0 Å². The van der Waals surface area contributed by atoms with Gasteiger partial charge in [-0.25, -0.2) is 4.72 Å². The Morgan fingerprint density at radius 3 is 2.63 bits per heavy atom. The smallest absolute Gasteiger partial charge is 0.117 e. The number of nitrogens with zero attached hydrogens (tertiary/aromatic N) is 1. The summed E-state index contributed by atoms with van der Waals surface area (Å²) in [5, 5.41) is 9.54. The maximum Gasteiger partial charge on any atom is 0.117 e. The molecule has 1 fully saturated rings. The topological polar surface area (TPSA) is 54.4 Å². The van der Waals surface area contributed by atoms with E-state index in [0.717, 1.165) is 16.8 Å². The van der Waals surface area contributed by atoms with E-state index in [4.69, 9.17) is 4.74 Å². The Morgan fingerprint density at radius 2 is 2.16 bits per heavy atom. The van der Waals surface area contributed by atoms with Crippen molar-refractivity contribution in [1.29, 1.82) is 0 Å². The zero-order chi connectivity index (χ0) is 14.1. The molecule has 5 heteroatoms. The molecule has 1 aromatic heterocycles. The number of ether oxygens (including phenoxy) is 1. The van der Waals surface area contributed by atoms with E-state index in [0.29, 0.717) is 13.2 Å². The summed E-state index contributed by atoms with van der Waals surface area (Å²) in [6.07, 6.45) is 1.85. The summed E-state index contributed by atoms with van der Waals surface area (Å²) in [7, 11) is 0. The van der Waals surface area contributed by atoms with E-state index in [2.05, 4.69) is 30.5 Å².